The second kappa shape index (κ2) is 38.3. The number of carboxylic acids is 1. The van der Waals surface area contributed by atoms with Gasteiger partial charge in [-0.3, -0.25) is 19.3 Å². The van der Waals surface area contributed by atoms with Gasteiger partial charge in [-0.2, -0.15) is 15.3 Å². The predicted molar refractivity (Wildman–Crippen MR) is 362 cm³/mol. The number of aromatic carboxylic acids is 1. The van der Waals surface area contributed by atoms with Gasteiger partial charge in [-0.05, 0) is 188 Å². The molecule has 0 amide bonds. The summed E-state index contributed by atoms with van der Waals surface area (Å²) in [5, 5.41) is 25.9. The Kier molecular flexibility index (Phi) is 32.7. The summed E-state index contributed by atoms with van der Waals surface area (Å²) in [5.41, 5.74) is 8.59. The molecule has 0 atom stereocenters. The molecule has 7 aromatic rings. The number of nitrogens with zero attached hydrogens (tertiary/aromatic N) is 5. The van der Waals surface area contributed by atoms with Crippen LogP contribution in [0.25, 0.3) is 0 Å². The average molecular weight is 1450 g/mol. The van der Waals surface area contributed by atoms with Gasteiger partial charge in [0.05, 0.1) is 43.0 Å². The summed E-state index contributed by atoms with van der Waals surface area (Å²) in [6.07, 6.45) is 5.38. The average Bonchev–Trinajstić information content (AvgIpc) is 2.70. The van der Waals surface area contributed by atoms with Gasteiger partial charge in [-0.15, -0.1) is 0 Å². The number of hydrogen-bond donors (Lipinski definition) is 2. The summed E-state index contributed by atoms with van der Waals surface area (Å²) >= 11 is 9.55. The molecule has 0 fully saturated rings. The van der Waals surface area contributed by atoms with Crippen LogP contribution in [-0.4, -0.2) is 105 Å². The van der Waals surface area contributed by atoms with Crippen molar-refractivity contribution in [1.82, 2.24) is 29.8 Å². The van der Waals surface area contributed by atoms with Crippen LogP contribution in [-0.2, 0) is 66.7 Å². The topological polar surface area (TPSA) is 250 Å². The number of aromatic amines is 1. The molecule has 22 heteroatoms. The number of carboxylic acid groups (broad SMARTS) is 1. The largest absolute Gasteiger partial charge is 0.476 e. The Morgan fingerprint density at radius 3 is 1.10 bits per heavy atom. The van der Waals surface area contributed by atoms with E-state index < -0.39 is 28.7 Å². The Morgan fingerprint density at radius 1 is 0.451 bits per heavy atom. The minimum atomic E-state index is -1.03. The van der Waals surface area contributed by atoms with Gasteiger partial charge in [0.1, 0.15) is 16.8 Å². The van der Waals surface area contributed by atoms with Crippen LogP contribution < -0.4 is 0 Å². The first-order chi connectivity index (χ1) is 42.9. The maximum absolute atomic E-state index is 12.1. The molecule has 0 aliphatic heterocycles. The zero-order valence-electron chi connectivity index (χ0n) is 54.7. The lowest BCUT2D eigenvalue weighted by molar-refractivity contribution is 0.00570. The number of carbonyl (C=O) groups is 7. The van der Waals surface area contributed by atoms with E-state index in [4.69, 9.17) is 28.8 Å². The van der Waals surface area contributed by atoms with E-state index in [0.717, 1.165) is 83.0 Å². The van der Waals surface area contributed by atoms with Crippen molar-refractivity contribution in [2.24, 2.45) is 0 Å². The Hall–Kier alpha value is -7.56. The number of aromatic nitrogens is 6. The van der Waals surface area contributed by atoms with E-state index in [1.54, 1.807) is 85.3 Å². The summed E-state index contributed by atoms with van der Waals surface area (Å²) in [7, 11) is 0. The molecule has 3 heterocycles. The van der Waals surface area contributed by atoms with Gasteiger partial charge < -0.3 is 28.8 Å². The third-order valence-corrected chi connectivity index (χ3v) is 13.7. The number of H-pyrrole nitrogens is 1. The number of ether oxygens (including phenoxy) is 5. The number of esters is 5. The van der Waals surface area contributed by atoms with Crippen LogP contribution in [0.5, 0.6) is 0 Å². The van der Waals surface area contributed by atoms with Crippen LogP contribution in [0.1, 0.15) is 228 Å². The molecule has 0 unspecified atom stereocenters. The molecule has 2 N–H and O–H groups in total. The summed E-state index contributed by atoms with van der Waals surface area (Å²) in [6.45, 7) is 28.0. The smallest absolute Gasteiger partial charge is 0.358 e. The summed E-state index contributed by atoms with van der Waals surface area (Å²) in [6, 6.07) is 34.3. The first-order valence-electron chi connectivity index (χ1n) is 30.0. The van der Waals surface area contributed by atoms with Gasteiger partial charge in [0.25, 0.3) is 0 Å². The van der Waals surface area contributed by atoms with Crippen LogP contribution >= 0.6 is 47.8 Å². The Balaban J connectivity index is 0.000000310. The molecule has 3 aromatic heterocycles. The molecule has 7 rings (SSSR count). The standard InChI is InChI=1S/C21H28N2O4.C19H24N2O4.C12H15BrO2.C9H14N2O2.C8H6Br2O/c1-6-8-17-13-18(20(25)26-7-2)22-23(17)14-15-9-11-16(12-10-15)19(24)27-21(3,4)5;1-5-6-15-11-16(17(22)23)20-21(15)12-13-7-9-14(10-8-13)18(24)25-19(2,3)4;1-12(2,3)15-11(14)10-6-4-9(8-13)5-7-10;1-3-5-7-6-8(11-10-7)9(12)13-4-2;9-5-6-1-3-7(4-2-6)8(10)11/h9-13H,6-8,14H2,1-5H3;7-11H,5-6,12H2,1-4H3,(H,22,23);4-7H,8H2,1-3H3;6H,3-5H2,1-2H3,(H,10,11);1-4H,5H2. The van der Waals surface area contributed by atoms with E-state index >= 15 is 0 Å². The van der Waals surface area contributed by atoms with Crippen LogP contribution in [0.15, 0.2) is 115 Å². The number of benzene rings is 4. The lowest BCUT2D eigenvalue weighted by Crippen LogP contribution is -2.23. The van der Waals surface area contributed by atoms with E-state index in [-0.39, 0.29) is 34.3 Å². The monoisotopic (exact) mass is 1440 g/mol. The molecule has 19 nitrogen and oxygen atoms in total. The molecule has 0 spiro atoms. The highest BCUT2D eigenvalue weighted by atomic mass is 79.9. The van der Waals surface area contributed by atoms with Gasteiger partial charge in [-0.25, -0.2) is 28.8 Å². The zero-order valence-corrected chi connectivity index (χ0v) is 59.4. The van der Waals surface area contributed by atoms with E-state index in [1.807, 2.05) is 122 Å². The maximum Gasteiger partial charge on any atom is 0.358 e. The first-order valence-corrected chi connectivity index (χ1v) is 33.0. The minimum Gasteiger partial charge on any atom is -0.476 e. The van der Waals surface area contributed by atoms with Crippen molar-refractivity contribution < 1.29 is 62.4 Å². The van der Waals surface area contributed by atoms with Crippen molar-refractivity contribution >= 4 is 88.3 Å². The van der Waals surface area contributed by atoms with Gasteiger partial charge >= 0.3 is 35.8 Å². The number of aryl methyl sites for hydroxylation is 3. The molecule has 0 saturated heterocycles. The van der Waals surface area contributed by atoms with Crippen molar-refractivity contribution in [1.29, 1.82) is 0 Å². The lowest BCUT2D eigenvalue weighted by Gasteiger charge is -2.19. The van der Waals surface area contributed by atoms with Crippen molar-refractivity contribution in [3.8, 4) is 0 Å². The number of carbonyl (C=O) groups excluding carboxylic acids is 6. The molecule has 0 radical (unpaired) electrons. The lowest BCUT2D eigenvalue weighted by atomic mass is 10.1. The van der Waals surface area contributed by atoms with Crippen molar-refractivity contribution in [3.05, 3.63) is 194 Å². The van der Waals surface area contributed by atoms with Gasteiger partial charge in [0, 0.05) is 33.3 Å². The van der Waals surface area contributed by atoms with Crippen molar-refractivity contribution in [2.75, 3.05) is 13.2 Å². The Bertz CT molecular complexity index is 3430. The minimum absolute atomic E-state index is 0.0498. The molecule has 492 valence electrons. The fourth-order valence-corrected chi connectivity index (χ4v) is 8.89. The Labute approximate surface area is 560 Å². The van der Waals surface area contributed by atoms with Crippen LogP contribution in [0.3, 0.4) is 0 Å². The molecular weight excluding hydrogens is 1360 g/mol. The highest BCUT2D eigenvalue weighted by Crippen LogP contribution is 2.19. The fraction of sp³-hybridized carbons (Fsp3) is 0.420. The summed E-state index contributed by atoms with van der Waals surface area (Å²) < 4.78 is 29.3. The highest BCUT2D eigenvalue weighted by Gasteiger charge is 2.22. The fourth-order valence-electron chi connectivity index (χ4n) is 7.88. The SMILES string of the molecule is CC(C)(C)OC(=O)c1ccc(CBr)cc1.CCCc1cc(C(=O)O)nn1Cc1ccc(C(=O)OC(C)(C)C)cc1.CCCc1cc(C(=O)OCC)n[nH]1.CCCc1cc(C(=O)OCC)nn1Cc1ccc(C(=O)OC(C)(C)C)cc1.O=C(Br)c1ccc(CBr)cc1. The number of rotatable bonds is 21. The summed E-state index contributed by atoms with van der Waals surface area (Å²) in [4.78, 5) is 80.8. The van der Waals surface area contributed by atoms with Crippen molar-refractivity contribution in [2.45, 2.75) is 176 Å². The number of hydrogen-bond acceptors (Lipinski definition) is 15. The Morgan fingerprint density at radius 2 is 0.780 bits per heavy atom. The number of halogens is 3. The molecule has 0 saturated carbocycles. The molecule has 0 aliphatic carbocycles. The van der Waals surface area contributed by atoms with E-state index in [9.17, 15) is 33.6 Å². The highest BCUT2D eigenvalue weighted by molar-refractivity contribution is 9.18. The van der Waals surface area contributed by atoms with Crippen molar-refractivity contribution in [3.63, 3.8) is 0 Å². The first kappa shape index (κ1) is 77.7. The van der Waals surface area contributed by atoms with E-state index in [0.29, 0.717) is 59.9 Å². The van der Waals surface area contributed by atoms with Gasteiger partial charge in [0.15, 0.2) is 17.1 Å². The molecule has 91 heavy (non-hydrogen) atoms. The van der Waals surface area contributed by atoms with Crippen LogP contribution in [0.2, 0.25) is 0 Å². The van der Waals surface area contributed by atoms with Gasteiger partial charge in [0.2, 0.25) is 4.69 Å². The van der Waals surface area contributed by atoms with E-state index in [1.165, 1.54) is 5.56 Å². The molecule has 0 bridgehead atoms. The third kappa shape index (κ3) is 29.1. The number of nitrogens with one attached hydrogen (secondary N) is 1. The zero-order chi connectivity index (χ0) is 68.1. The molecular formula is C69H87Br3N6O13. The van der Waals surface area contributed by atoms with Crippen LogP contribution in [0.4, 0.5) is 0 Å². The molecule has 4 aromatic carbocycles. The number of alkyl halides is 2. The van der Waals surface area contributed by atoms with E-state index in [2.05, 4.69) is 82.0 Å². The maximum atomic E-state index is 12.1. The van der Waals surface area contributed by atoms with Gasteiger partial charge in [-0.1, -0.05) is 133 Å². The predicted octanol–water partition coefficient (Wildman–Crippen LogP) is 15.7. The normalized spacial score (nSPS) is 10.9. The quantitative estimate of drug-likeness (QED) is 0.0294. The second-order valence-electron chi connectivity index (χ2n) is 23.5. The second-order valence-corrected chi connectivity index (χ2v) is 25.3. The summed E-state index contributed by atoms with van der Waals surface area (Å²) in [5.74, 6) is -2.78. The van der Waals surface area contributed by atoms with Crippen LogP contribution in [0, 0.1) is 0 Å². The third-order valence-electron chi connectivity index (χ3n) is 12.0. The molecule has 0 aliphatic rings.